The van der Waals surface area contributed by atoms with Crippen molar-refractivity contribution in [3.05, 3.63) is 95.4 Å². The molecule has 0 bridgehead atoms. The van der Waals surface area contributed by atoms with Gasteiger partial charge >= 0.3 is 5.97 Å². The number of rotatable bonds is 8. The lowest BCUT2D eigenvalue weighted by Crippen LogP contribution is -2.22. The van der Waals surface area contributed by atoms with Gasteiger partial charge in [0.05, 0.1) is 34.6 Å². The molecule has 3 heterocycles. The second-order valence-corrected chi connectivity index (χ2v) is 8.91. The molecule has 1 unspecified atom stereocenters. The molecule has 3 N–H and O–H groups in total. The Bertz CT molecular complexity index is 1700. The van der Waals surface area contributed by atoms with Gasteiger partial charge in [0.1, 0.15) is 22.8 Å². The van der Waals surface area contributed by atoms with Crippen molar-refractivity contribution in [2.45, 2.75) is 25.2 Å². The Morgan fingerprint density at radius 2 is 2.00 bits per heavy atom. The summed E-state index contributed by atoms with van der Waals surface area (Å²) in [5.74, 6) is -2.14. The first-order chi connectivity index (χ1) is 18.3. The van der Waals surface area contributed by atoms with Gasteiger partial charge in [-0.3, -0.25) is 4.79 Å². The highest BCUT2D eigenvalue weighted by molar-refractivity contribution is 5.75. The number of hydrogen-bond donors (Lipinski definition) is 3. The second-order valence-electron chi connectivity index (χ2n) is 8.91. The molecule has 5 aromatic rings. The van der Waals surface area contributed by atoms with Crippen molar-refractivity contribution >= 4 is 17.0 Å². The number of fused-ring (bicyclic) bond motifs is 1. The minimum absolute atomic E-state index is 0.0307. The van der Waals surface area contributed by atoms with E-state index in [0.717, 1.165) is 5.56 Å². The molecule has 190 valence electrons. The van der Waals surface area contributed by atoms with Crippen molar-refractivity contribution in [1.82, 2.24) is 19.9 Å². The molecule has 0 saturated carbocycles. The van der Waals surface area contributed by atoms with Crippen molar-refractivity contribution < 1.29 is 23.4 Å². The number of benzene rings is 2. The summed E-state index contributed by atoms with van der Waals surface area (Å²) in [5.41, 5.74) is 1.76. The summed E-state index contributed by atoms with van der Waals surface area (Å²) in [6.45, 7) is 1.70. The predicted octanol–water partition coefficient (Wildman–Crippen LogP) is 5.87. The topological polar surface area (TPSA) is 128 Å². The lowest BCUT2D eigenvalue weighted by molar-refractivity contribution is -0.136. The molecule has 3 aromatic heterocycles. The van der Waals surface area contributed by atoms with E-state index in [2.05, 4.69) is 26.0 Å². The number of halogens is 2. The summed E-state index contributed by atoms with van der Waals surface area (Å²) >= 11 is 0. The Morgan fingerprint density at radius 1 is 1.16 bits per heavy atom. The van der Waals surface area contributed by atoms with Crippen LogP contribution in [-0.4, -0.2) is 31.0 Å². The standard InChI is InChI=1S/C28H21F2N5O3/c1-28(15-31,17-4-2-3-16(11-17)5-8-25(36)37)24-14-33-26(35-24)19-12-18(6-7-20(19)29)38-27-21(30)13-23-22(34-27)9-10-32-23/h2-4,6-7,9-14,32H,5,8H2,1H3,(H,33,35)(H,36,37). The Kier molecular flexibility index (Phi) is 6.34. The number of nitrogens with one attached hydrogen (secondary N) is 2. The van der Waals surface area contributed by atoms with Gasteiger partial charge in [-0.25, -0.2) is 18.7 Å². The van der Waals surface area contributed by atoms with Crippen molar-refractivity contribution in [2.75, 3.05) is 0 Å². The smallest absolute Gasteiger partial charge is 0.303 e. The fraction of sp³-hybridized carbons (Fsp3) is 0.143. The van der Waals surface area contributed by atoms with Crippen LogP contribution < -0.4 is 4.74 Å². The highest BCUT2D eigenvalue weighted by atomic mass is 19.1. The number of nitrogens with zero attached hydrogens (tertiary/aromatic N) is 3. The van der Waals surface area contributed by atoms with E-state index in [4.69, 9.17) is 9.84 Å². The van der Waals surface area contributed by atoms with Gasteiger partial charge in [0, 0.05) is 18.7 Å². The van der Waals surface area contributed by atoms with Gasteiger partial charge in [-0.05, 0) is 48.7 Å². The second kappa shape index (κ2) is 9.78. The maximum Gasteiger partial charge on any atom is 0.303 e. The lowest BCUT2D eigenvalue weighted by atomic mass is 9.80. The molecule has 0 aliphatic rings. The van der Waals surface area contributed by atoms with Crippen LogP contribution in [0.15, 0.2) is 67.0 Å². The lowest BCUT2D eigenvalue weighted by Gasteiger charge is -2.21. The Labute approximate surface area is 215 Å². The largest absolute Gasteiger partial charge is 0.481 e. The third kappa shape index (κ3) is 4.69. The van der Waals surface area contributed by atoms with Crippen LogP contribution in [0.2, 0.25) is 0 Å². The normalized spacial score (nSPS) is 12.7. The number of aryl methyl sites for hydroxylation is 1. The zero-order valence-corrected chi connectivity index (χ0v) is 20.1. The van der Waals surface area contributed by atoms with Crippen LogP contribution in [0.5, 0.6) is 11.6 Å². The van der Waals surface area contributed by atoms with Gasteiger partial charge in [0.15, 0.2) is 5.82 Å². The van der Waals surface area contributed by atoms with Crippen LogP contribution in [0.4, 0.5) is 8.78 Å². The molecule has 2 aromatic carbocycles. The van der Waals surface area contributed by atoms with Gasteiger partial charge in [0.25, 0.3) is 5.88 Å². The van der Waals surface area contributed by atoms with Gasteiger partial charge in [-0.1, -0.05) is 24.3 Å². The quantitative estimate of drug-likeness (QED) is 0.238. The van der Waals surface area contributed by atoms with Crippen LogP contribution in [0.1, 0.15) is 30.2 Å². The summed E-state index contributed by atoms with van der Waals surface area (Å²) in [4.78, 5) is 25.3. The Morgan fingerprint density at radius 3 is 2.79 bits per heavy atom. The fourth-order valence-corrected chi connectivity index (χ4v) is 4.15. The molecular weight excluding hydrogens is 492 g/mol. The molecule has 5 rings (SSSR count). The molecule has 8 nitrogen and oxygen atoms in total. The number of imidazole rings is 1. The molecule has 38 heavy (non-hydrogen) atoms. The van der Waals surface area contributed by atoms with Crippen LogP contribution in [0.3, 0.4) is 0 Å². The first kappa shape index (κ1) is 24.6. The summed E-state index contributed by atoms with van der Waals surface area (Å²) in [7, 11) is 0. The molecule has 0 aliphatic heterocycles. The van der Waals surface area contributed by atoms with Crippen molar-refractivity contribution in [3.8, 4) is 29.1 Å². The SMILES string of the molecule is CC(C#N)(c1cccc(CCC(=O)O)c1)c1cnc(-c2cc(Oc3nc4cc[nH]c4cc3F)ccc2F)[nH]1. The molecule has 0 radical (unpaired) electrons. The average molecular weight is 514 g/mol. The molecule has 10 heteroatoms. The molecule has 0 saturated heterocycles. The summed E-state index contributed by atoms with van der Waals surface area (Å²) in [5, 5.41) is 19.1. The van der Waals surface area contributed by atoms with Crippen molar-refractivity contribution in [2.24, 2.45) is 0 Å². The van der Waals surface area contributed by atoms with E-state index in [1.165, 1.54) is 30.5 Å². The number of aliphatic carboxylic acids is 1. The van der Waals surface area contributed by atoms with Crippen molar-refractivity contribution in [3.63, 3.8) is 0 Å². The van der Waals surface area contributed by atoms with Crippen LogP contribution in [0, 0.1) is 23.0 Å². The molecular formula is C28H21F2N5O3. The van der Waals surface area contributed by atoms with E-state index in [0.29, 0.717) is 28.7 Å². The molecule has 0 fully saturated rings. The monoisotopic (exact) mass is 513 g/mol. The first-order valence-electron chi connectivity index (χ1n) is 11.7. The molecule has 0 amide bonds. The number of nitriles is 1. The van der Waals surface area contributed by atoms with Gasteiger partial charge in [-0.15, -0.1) is 0 Å². The third-order valence-electron chi connectivity index (χ3n) is 6.33. The van der Waals surface area contributed by atoms with E-state index in [9.17, 15) is 18.8 Å². The number of pyridine rings is 1. The molecule has 0 spiro atoms. The maximum absolute atomic E-state index is 14.8. The van der Waals surface area contributed by atoms with E-state index in [1.54, 1.807) is 43.5 Å². The van der Waals surface area contributed by atoms with Crippen LogP contribution in [0.25, 0.3) is 22.4 Å². The summed E-state index contributed by atoms with van der Waals surface area (Å²) < 4.78 is 34.9. The van der Waals surface area contributed by atoms with E-state index in [1.807, 2.05) is 0 Å². The number of aromatic amines is 2. The summed E-state index contributed by atoms with van der Waals surface area (Å²) in [6.07, 6.45) is 3.38. The highest BCUT2D eigenvalue weighted by Gasteiger charge is 2.32. The minimum Gasteiger partial charge on any atom is -0.481 e. The number of carbonyl (C=O) groups is 1. The Hall–Kier alpha value is -5.04. The van der Waals surface area contributed by atoms with Gasteiger partial charge < -0.3 is 19.8 Å². The van der Waals surface area contributed by atoms with E-state index >= 15 is 0 Å². The first-order valence-corrected chi connectivity index (χ1v) is 11.7. The van der Waals surface area contributed by atoms with Gasteiger partial charge in [-0.2, -0.15) is 5.26 Å². The third-order valence-corrected chi connectivity index (χ3v) is 6.33. The highest BCUT2D eigenvalue weighted by Crippen LogP contribution is 2.34. The number of hydrogen-bond acceptors (Lipinski definition) is 5. The molecule has 1 atom stereocenters. The predicted molar refractivity (Wildman–Crippen MR) is 135 cm³/mol. The summed E-state index contributed by atoms with van der Waals surface area (Å²) in [6, 6.07) is 16.2. The van der Waals surface area contributed by atoms with E-state index < -0.39 is 23.0 Å². The number of aromatic nitrogens is 4. The average Bonchev–Trinajstić information content (AvgIpc) is 3.58. The van der Waals surface area contributed by atoms with Crippen LogP contribution in [-0.2, 0) is 16.6 Å². The van der Waals surface area contributed by atoms with Crippen molar-refractivity contribution in [1.29, 1.82) is 5.26 Å². The zero-order valence-electron chi connectivity index (χ0n) is 20.1. The van der Waals surface area contributed by atoms with Crippen LogP contribution >= 0.6 is 0 Å². The van der Waals surface area contributed by atoms with Gasteiger partial charge in [0.2, 0.25) is 0 Å². The minimum atomic E-state index is -1.17. The number of H-pyrrole nitrogens is 2. The maximum atomic E-state index is 14.8. The number of ether oxygens (including phenoxy) is 1. The Balaban J connectivity index is 1.45. The number of carboxylic acid groups (broad SMARTS) is 1. The van der Waals surface area contributed by atoms with E-state index in [-0.39, 0.29) is 29.4 Å². The molecule has 0 aliphatic carbocycles. The fourth-order valence-electron chi connectivity index (χ4n) is 4.15. The number of carboxylic acids is 1. The zero-order chi connectivity index (χ0) is 26.9.